The Morgan fingerprint density at radius 2 is 2.13 bits per heavy atom. The fourth-order valence-corrected chi connectivity index (χ4v) is 2.57. The molecule has 0 aliphatic heterocycles. The summed E-state index contributed by atoms with van der Waals surface area (Å²) in [4.78, 5) is 4.72. The molecule has 3 heteroatoms. The molecule has 1 aromatic heterocycles. The maximum atomic E-state index is 4.72. The Morgan fingerprint density at radius 3 is 2.60 bits per heavy atom. The third-order valence-electron chi connectivity index (χ3n) is 2.72. The van der Waals surface area contributed by atoms with Gasteiger partial charge in [0, 0.05) is 16.8 Å². The first-order valence-electron chi connectivity index (χ1n) is 5.69. The molecule has 0 bridgehead atoms. The molecule has 2 rings (SSSR count). The fourth-order valence-electron chi connectivity index (χ4n) is 1.51. The molecule has 0 saturated heterocycles. The van der Waals surface area contributed by atoms with E-state index in [1.165, 1.54) is 23.5 Å². The summed E-state index contributed by atoms with van der Waals surface area (Å²) in [7, 11) is 0. The minimum absolute atomic E-state index is 0.175. The Bertz CT molecular complexity index is 334. The molecule has 1 heterocycles. The molecule has 1 aromatic rings. The zero-order valence-corrected chi connectivity index (χ0v) is 10.8. The summed E-state index contributed by atoms with van der Waals surface area (Å²) in [5.41, 5.74) is 1.39. The lowest BCUT2D eigenvalue weighted by atomic mass is 9.93. The molecule has 1 atom stereocenters. The van der Waals surface area contributed by atoms with Crippen LogP contribution in [0.1, 0.15) is 57.3 Å². The lowest BCUT2D eigenvalue weighted by Crippen LogP contribution is -2.21. The number of nitrogens with one attached hydrogen (secondary N) is 1. The van der Waals surface area contributed by atoms with Crippen molar-refractivity contribution in [1.29, 1.82) is 0 Å². The second-order valence-corrected chi connectivity index (χ2v) is 6.37. The highest BCUT2D eigenvalue weighted by molar-refractivity contribution is 7.09. The third kappa shape index (κ3) is 2.79. The van der Waals surface area contributed by atoms with Crippen molar-refractivity contribution in [3.8, 4) is 0 Å². The molecule has 1 saturated carbocycles. The van der Waals surface area contributed by atoms with E-state index >= 15 is 0 Å². The quantitative estimate of drug-likeness (QED) is 0.852. The summed E-state index contributed by atoms with van der Waals surface area (Å²) in [6.07, 6.45) is 2.67. The first-order chi connectivity index (χ1) is 6.97. The molecule has 1 unspecified atom stereocenters. The van der Waals surface area contributed by atoms with Crippen molar-refractivity contribution in [3.05, 3.63) is 16.1 Å². The second-order valence-electron chi connectivity index (χ2n) is 5.48. The molecule has 0 aromatic carbocycles. The average molecular weight is 224 g/mol. The van der Waals surface area contributed by atoms with Gasteiger partial charge in [0.15, 0.2) is 0 Å². The van der Waals surface area contributed by atoms with Gasteiger partial charge in [-0.2, -0.15) is 0 Å². The van der Waals surface area contributed by atoms with Gasteiger partial charge >= 0.3 is 0 Å². The van der Waals surface area contributed by atoms with Crippen LogP contribution in [0.25, 0.3) is 0 Å². The standard InChI is InChI=1S/C12H20N2S/c1-8(13-9-5-6-9)11-14-10(7-15-11)12(2,3)4/h7-9,13H,5-6H2,1-4H3. The Balaban J connectivity index is 2.05. The molecule has 1 N–H and O–H groups in total. The SMILES string of the molecule is CC(NC1CC1)c1nc(C(C)(C)C)cs1. The van der Waals surface area contributed by atoms with Crippen molar-refractivity contribution in [2.24, 2.45) is 0 Å². The maximum absolute atomic E-state index is 4.72. The predicted octanol–water partition coefficient (Wildman–Crippen LogP) is 3.25. The molecule has 0 spiro atoms. The Morgan fingerprint density at radius 1 is 1.47 bits per heavy atom. The zero-order valence-electron chi connectivity index (χ0n) is 10.0. The van der Waals surface area contributed by atoms with Crippen LogP contribution in [0, 0.1) is 0 Å². The van der Waals surface area contributed by atoms with E-state index in [-0.39, 0.29) is 5.41 Å². The molecule has 0 radical (unpaired) electrons. The first kappa shape index (κ1) is 11.1. The highest BCUT2D eigenvalue weighted by Gasteiger charge is 2.25. The van der Waals surface area contributed by atoms with Crippen LogP contribution < -0.4 is 5.32 Å². The van der Waals surface area contributed by atoms with Crippen molar-refractivity contribution in [3.63, 3.8) is 0 Å². The Kier molecular flexibility index (Phi) is 2.86. The van der Waals surface area contributed by atoms with Gasteiger partial charge in [0.1, 0.15) is 5.01 Å². The van der Waals surface area contributed by atoms with E-state index in [1.807, 2.05) is 0 Å². The van der Waals surface area contributed by atoms with E-state index < -0.39 is 0 Å². The Labute approximate surface area is 96.1 Å². The van der Waals surface area contributed by atoms with Crippen molar-refractivity contribution >= 4 is 11.3 Å². The third-order valence-corrected chi connectivity index (χ3v) is 3.75. The van der Waals surface area contributed by atoms with Gasteiger partial charge in [-0.3, -0.25) is 0 Å². The molecule has 2 nitrogen and oxygen atoms in total. The molecule has 15 heavy (non-hydrogen) atoms. The smallest absolute Gasteiger partial charge is 0.110 e. The van der Waals surface area contributed by atoms with E-state index in [9.17, 15) is 0 Å². The van der Waals surface area contributed by atoms with Crippen LogP contribution in [0.15, 0.2) is 5.38 Å². The molecular weight excluding hydrogens is 204 g/mol. The highest BCUT2D eigenvalue weighted by atomic mass is 32.1. The molecule has 84 valence electrons. The minimum Gasteiger partial charge on any atom is -0.305 e. The predicted molar refractivity (Wildman–Crippen MR) is 65.4 cm³/mol. The number of hydrogen-bond acceptors (Lipinski definition) is 3. The number of hydrogen-bond donors (Lipinski definition) is 1. The fraction of sp³-hybridized carbons (Fsp3) is 0.750. The van der Waals surface area contributed by atoms with E-state index in [0.717, 1.165) is 6.04 Å². The molecule has 0 amide bonds. The average Bonchev–Trinajstić information content (AvgIpc) is 2.80. The molecule has 1 aliphatic rings. The van der Waals surface area contributed by atoms with E-state index in [2.05, 4.69) is 38.4 Å². The molecule has 1 aliphatic carbocycles. The lowest BCUT2D eigenvalue weighted by molar-refractivity contribution is 0.545. The van der Waals surface area contributed by atoms with Gasteiger partial charge in [0.05, 0.1) is 11.7 Å². The summed E-state index contributed by atoms with van der Waals surface area (Å²) in [5.74, 6) is 0. The number of nitrogens with zero attached hydrogens (tertiary/aromatic N) is 1. The van der Waals surface area contributed by atoms with Crippen molar-refractivity contribution < 1.29 is 0 Å². The van der Waals surface area contributed by atoms with Crippen molar-refractivity contribution in [2.45, 2.75) is 58.0 Å². The van der Waals surface area contributed by atoms with Crippen LogP contribution in [0.4, 0.5) is 0 Å². The van der Waals surface area contributed by atoms with Gasteiger partial charge in [-0.15, -0.1) is 11.3 Å². The van der Waals surface area contributed by atoms with Gasteiger partial charge in [0.2, 0.25) is 0 Å². The van der Waals surface area contributed by atoms with Crippen LogP contribution in [0.2, 0.25) is 0 Å². The van der Waals surface area contributed by atoms with Gasteiger partial charge < -0.3 is 5.32 Å². The monoisotopic (exact) mass is 224 g/mol. The van der Waals surface area contributed by atoms with Gasteiger partial charge in [-0.25, -0.2) is 4.98 Å². The highest BCUT2D eigenvalue weighted by Crippen LogP contribution is 2.29. The van der Waals surface area contributed by atoms with Gasteiger partial charge in [-0.1, -0.05) is 20.8 Å². The maximum Gasteiger partial charge on any atom is 0.110 e. The molecule has 1 fully saturated rings. The van der Waals surface area contributed by atoms with Crippen LogP contribution in [0.5, 0.6) is 0 Å². The minimum atomic E-state index is 0.175. The van der Waals surface area contributed by atoms with Gasteiger partial charge in [-0.05, 0) is 19.8 Å². The largest absolute Gasteiger partial charge is 0.305 e. The van der Waals surface area contributed by atoms with Crippen LogP contribution >= 0.6 is 11.3 Å². The van der Waals surface area contributed by atoms with E-state index in [1.54, 1.807) is 11.3 Å². The lowest BCUT2D eigenvalue weighted by Gasteiger charge is -2.15. The summed E-state index contributed by atoms with van der Waals surface area (Å²) >= 11 is 1.78. The number of thiazole rings is 1. The van der Waals surface area contributed by atoms with Crippen molar-refractivity contribution in [2.75, 3.05) is 0 Å². The van der Waals surface area contributed by atoms with E-state index in [4.69, 9.17) is 4.98 Å². The van der Waals surface area contributed by atoms with Crippen molar-refractivity contribution in [1.82, 2.24) is 10.3 Å². The second kappa shape index (κ2) is 3.87. The number of rotatable bonds is 3. The van der Waals surface area contributed by atoms with Crippen LogP contribution in [-0.2, 0) is 5.41 Å². The van der Waals surface area contributed by atoms with E-state index in [0.29, 0.717) is 6.04 Å². The van der Waals surface area contributed by atoms with Gasteiger partial charge in [0.25, 0.3) is 0 Å². The summed E-state index contributed by atoms with van der Waals surface area (Å²) in [6.45, 7) is 8.85. The molecular formula is C12H20N2S. The first-order valence-corrected chi connectivity index (χ1v) is 6.57. The summed E-state index contributed by atoms with van der Waals surface area (Å²) in [5, 5.41) is 7.01. The van der Waals surface area contributed by atoms with Crippen LogP contribution in [-0.4, -0.2) is 11.0 Å². The number of aromatic nitrogens is 1. The Hall–Kier alpha value is -0.410. The zero-order chi connectivity index (χ0) is 11.1. The topological polar surface area (TPSA) is 24.9 Å². The normalized spacial score (nSPS) is 19.2. The van der Waals surface area contributed by atoms with Crippen LogP contribution in [0.3, 0.4) is 0 Å². The summed E-state index contributed by atoms with van der Waals surface area (Å²) < 4.78 is 0. The summed E-state index contributed by atoms with van der Waals surface area (Å²) in [6, 6.07) is 1.17.